The van der Waals surface area contributed by atoms with Gasteiger partial charge in [0.15, 0.2) is 5.75 Å². The number of nitrogens with zero attached hydrogens (tertiary/aromatic N) is 1. The first-order valence-corrected chi connectivity index (χ1v) is 11.1. The van der Waals surface area contributed by atoms with Crippen LogP contribution in [0.5, 0.6) is 17.2 Å². The lowest BCUT2D eigenvalue weighted by Crippen LogP contribution is -2.21. The van der Waals surface area contributed by atoms with Crippen molar-refractivity contribution in [3.8, 4) is 23.3 Å². The summed E-state index contributed by atoms with van der Waals surface area (Å²) in [4.78, 5) is 12.7. The first-order chi connectivity index (χ1) is 15.8. The van der Waals surface area contributed by atoms with E-state index in [0.29, 0.717) is 11.3 Å². The van der Waals surface area contributed by atoms with E-state index in [-0.39, 0.29) is 33.0 Å². The Morgan fingerprint density at radius 2 is 1.79 bits per heavy atom. The fourth-order valence-electron chi connectivity index (χ4n) is 3.54. The van der Waals surface area contributed by atoms with Gasteiger partial charge in [-0.2, -0.15) is 5.26 Å². The molecule has 0 radical (unpaired) electrons. The molecule has 1 unspecified atom stereocenters. The lowest BCUT2D eigenvalue weighted by atomic mass is 9.83. The van der Waals surface area contributed by atoms with Crippen LogP contribution in [0.15, 0.2) is 70.5 Å². The zero-order valence-corrected chi connectivity index (χ0v) is 20.2. The molecule has 0 spiro atoms. The number of allylic oxidation sites excluding steroid dienone is 1. The summed E-state index contributed by atoms with van der Waals surface area (Å²) in [7, 11) is 1.43. The molecular weight excluding hydrogens is 531 g/mol. The second kappa shape index (κ2) is 9.36. The summed E-state index contributed by atoms with van der Waals surface area (Å²) in [6, 6.07) is 17.4. The van der Waals surface area contributed by atoms with Gasteiger partial charge in [0.05, 0.1) is 28.6 Å². The van der Waals surface area contributed by atoms with Crippen molar-refractivity contribution in [2.45, 2.75) is 5.92 Å². The molecule has 33 heavy (non-hydrogen) atoms. The Bertz CT molecular complexity index is 1310. The van der Waals surface area contributed by atoms with Crippen molar-refractivity contribution < 1.29 is 19.0 Å². The summed E-state index contributed by atoms with van der Waals surface area (Å²) < 4.78 is 17.2. The number of carbonyl (C=O) groups excluding carboxylic acids is 1. The van der Waals surface area contributed by atoms with Crippen LogP contribution in [-0.2, 0) is 0 Å². The summed E-state index contributed by atoms with van der Waals surface area (Å²) >= 11 is 15.7. The molecule has 0 aliphatic carbocycles. The van der Waals surface area contributed by atoms with Crippen molar-refractivity contribution in [3.05, 3.63) is 97.3 Å². The van der Waals surface area contributed by atoms with Gasteiger partial charge in [-0.15, -0.1) is 0 Å². The SMILES string of the molecule is COc1c(Cl)cc(C(=O)Oc2ccc3c(c2)OC(N)=C(C#N)C3c2ccc(Br)cc2)cc1Cl. The van der Waals surface area contributed by atoms with E-state index in [9.17, 15) is 10.1 Å². The lowest BCUT2D eigenvalue weighted by Gasteiger charge is -2.26. The Morgan fingerprint density at radius 3 is 2.39 bits per heavy atom. The third-order valence-electron chi connectivity index (χ3n) is 5.04. The first kappa shape index (κ1) is 23.0. The average Bonchev–Trinajstić information content (AvgIpc) is 2.78. The fourth-order valence-corrected chi connectivity index (χ4v) is 4.44. The van der Waals surface area contributed by atoms with Crippen molar-refractivity contribution >= 4 is 45.1 Å². The van der Waals surface area contributed by atoms with Gasteiger partial charge in [-0.3, -0.25) is 0 Å². The van der Waals surface area contributed by atoms with E-state index < -0.39 is 11.9 Å². The number of nitriles is 1. The number of hydrogen-bond donors (Lipinski definition) is 1. The Hall–Kier alpha value is -3.18. The minimum atomic E-state index is -0.664. The van der Waals surface area contributed by atoms with E-state index in [1.807, 2.05) is 24.3 Å². The Balaban J connectivity index is 1.67. The van der Waals surface area contributed by atoms with Crippen LogP contribution in [0.25, 0.3) is 0 Å². The molecule has 3 aromatic rings. The van der Waals surface area contributed by atoms with Gasteiger partial charge in [0, 0.05) is 16.1 Å². The second-order valence-corrected chi connectivity index (χ2v) is 8.77. The van der Waals surface area contributed by atoms with Gasteiger partial charge in [0.1, 0.15) is 23.1 Å². The maximum atomic E-state index is 12.7. The normalized spacial score (nSPS) is 14.7. The molecule has 1 aliphatic rings. The summed E-state index contributed by atoms with van der Waals surface area (Å²) in [5.74, 6) is -0.208. The molecule has 3 aromatic carbocycles. The number of carbonyl (C=O) groups is 1. The highest BCUT2D eigenvalue weighted by molar-refractivity contribution is 9.10. The number of rotatable bonds is 4. The zero-order valence-electron chi connectivity index (χ0n) is 17.1. The highest BCUT2D eigenvalue weighted by atomic mass is 79.9. The fraction of sp³-hybridized carbons (Fsp3) is 0.0833. The molecule has 0 fully saturated rings. The average molecular weight is 546 g/mol. The molecule has 6 nitrogen and oxygen atoms in total. The van der Waals surface area contributed by atoms with Crippen molar-refractivity contribution in [1.82, 2.24) is 0 Å². The van der Waals surface area contributed by atoms with Gasteiger partial charge >= 0.3 is 5.97 Å². The van der Waals surface area contributed by atoms with Gasteiger partial charge < -0.3 is 19.9 Å². The van der Waals surface area contributed by atoms with Crippen molar-refractivity contribution in [2.24, 2.45) is 5.73 Å². The predicted octanol–water partition coefficient (Wildman–Crippen LogP) is 6.20. The molecular formula is C24H15BrCl2N2O4. The smallest absolute Gasteiger partial charge is 0.343 e. The van der Waals surface area contributed by atoms with E-state index >= 15 is 0 Å². The number of fused-ring (bicyclic) bond motifs is 1. The van der Waals surface area contributed by atoms with Crippen LogP contribution < -0.4 is 19.9 Å². The van der Waals surface area contributed by atoms with E-state index in [1.54, 1.807) is 18.2 Å². The van der Waals surface area contributed by atoms with E-state index in [4.69, 9.17) is 43.1 Å². The van der Waals surface area contributed by atoms with Crippen LogP contribution in [0.2, 0.25) is 10.0 Å². The minimum Gasteiger partial charge on any atom is -0.494 e. The topological polar surface area (TPSA) is 94.6 Å². The molecule has 0 bridgehead atoms. The van der Waals surface area contributed by atoms with E-state index in [0.717, 1.165) is 15.6 Å². The lowest BCUT2D eigenvalue weighted by molar-refractivity contribution is 0.0734. The standard InChI is InChI=1S/C24H15BrCl2N2O4/c1-31-22-18(26)8-13(9-19(22)27)24(30)32-15-6-7-16-20(10-15)33-23(29)17(11-28)21(16)12-2-4-14(25)5-3-12/h2-10,21H,29H2,1H3. The number of halogens is 3. The van der Waals surface area contributed by atoms with Crippen molar-refractivity contribution in [2.75, 3.05) is 7.11 Å². The molecule has 2 N–H and O–H groups in total. The van der Waals surface area contributed by atoms with Crippen LogP contribution >= 0.6 is 39.1 Å². The summed E-state index contributed by atoms with van der Waals surface area (Å²) in [6.07, 6.45) is 0. The second-order valence-electron chi connectivity index (χ2n) is 7.04. The number of hydrogen-bond acceptors (Lipinski definition) is 6. The van der Waals surface area contributed by atoms with Crippen LogP contribution in [0.4, 0.5) is 0 Å². The molecule has 0 amide bonds. The van der Waals surface area contributed by atoms with Crippen molar-refractivity contribution in [3.63, 3.8) is 0 Å². The zero-order chi connectivity index (χ0) is 23.7. The largest absolute Gasteiger partial charge is 0.494 e. The third kappa shape index (κ3) is 4.51. The van der Waals surface area contributed by atoms with Gasteiger partial charge in [0.2, 0.25) is 5.88 Å². The monoisotopic (exact) mass is 544 g/mol. The summed E-state index contributed by atoms with van der Waals surface area (Å²) in [5, 5.41) is 10.0. The van der Waals surface area contributed by atoms with E-state index in [2.05, 4.69) is 22.0 Å². The van der Waals surface area contributed by atoms with Crippen LogP contribution in [0.3, 0.4) is 0 Å². The van der Waals surface area contributed by atoms with Gasteiger partial charge in [-0.05, 0) is 35.9 Å². The van der Waals surface area contributed by atoms with Crippen LogP contribution in [0, 0.1) is 11.3 Å². The number of benzene rings is 3. The Kier molecular flexibility index (Phi) is 6.52. The summed E-state index contributed by atoms with van der Waals surface area (Å²) in [5.41, 5.74) is 8.09. The van der Waals surface area contributed by atoms with Crippen molar-refractivity contribution in [1.29, 1.82) is 5.26 Å². The molecule has 1 aliphatic heterocycles. The molecule has 0 saturated heterocycles. The maximum Gasteiger partial charge on any atom is 0.343 e. The molecule has 0 aromatic heterocycles. The number of nitrogens with two attached hydrogens (primary N) is 1. The number of ether oxygens (including phenoxy) is 3. The Morgan fingerprint density at radius 1 is 1.12 bits per heavy atom. The van der Waals surface area contributed by atoms with E-state index in [1.165, 1.54) is 19.2 Å². The molecule has 1 atom stereocenters. The molecule has 166 valence electrons. The molecule has 1 heterocycles. The quantitative estimate of drug-likeness (QED) is 0.310. The molecule has 0 saturated carbocycles. The number of esters is 1. The first-order valence-electron chi connectivity index (χ1n) is 9.54. The maximum absolute atomic E-state index is 12.7. The molecule has 9 heteroatoms. The van der Waals surface area contributed by atoms with Gasteiger partial charge in [-0.25, -0.2) is 4.79 Å². The highest BCUT2D eigenvalue weighted by Gasteiger charge is 2.31. The minimum absolute atomic E-state index is 0.00452. The summed E-state index contributed by atoms with van der Waals surface area (Å²) in [6.45, 7) is 0. The van der Waals surface area contributed by atoms with Gasteiger partial charge in [-0.1, -0.05) is 57.3 Å². The third-order valence-corrected chi connectivity index (χ3v) is 6.13. The Labute approximate surface area is 208 Å². The predicted molar refractivity (Wildman–Crippen MR) is 128 cm³/mol. The molecule has 4 rings (SSSR count). The highest BCUT2D eigenvalue weighted by Crippen LogP contribution is 2.43. The van der Waals surface area contributed by atoms with Crippen LogP contribution in [-0.4, -0.2) is 13.1 Å². The van der Waals surface area contributed by atoms with Crippen LogP contribution in [0.1, 0.15) is 27.4 Å². The number of methoxy groups -OCH3 is 1. The van der Waals surface area contributed by atoms with Gasteiger partial charge in [0.25, 0.3) is 0 Å².